The van der Waals surface area contributed by atoms with Crippen LogP contribution in [0.3, 0.4) is 0 Å². The van der Waals surface area contributed by atoms with E-state index in [9.17, 15) is 18.0 Å². The average Bonchev–Trinajstić information content (AvgIpc) is 3.11. The maximum atomic E-state index is 12.8. The van der Waals surface area contributed by atoms with Gasteiger partial charge in [-0.1, -0.05) is 0 Å². The first-order valence-electron chi connectivity index (χ1n) is 7.31. The third-order valence-electron chi connectivity index (χ3n) is 4.15. The van der Waals surface area contributed by atoms with Gasteiger partial charge in [0.25, 0.3) is 5.91 Å². The van der Waals surface area contributed by atoms with Crippen LogP contribution in [0.5, 0.6) is 0 Å². The van der Waals surface area contributed by atoms with Gasteiger partial charge in [-0.05, 0) is 6.07 Å². The number of hydrogen-bond donors (Lipinski definition) is 1. The quantitative estimate of drug-likeness (QED) is 0.897. The lowest BCUT2D eigenvalue weighted by atomic mass is 10.0. The summed E-state index contributed by atoms with van der Waals surface area (Å²) >= 11 is 0. The first kappa shape index (κ1) is 16.4. The molecule has 1 aliphatic rings. The Morgan fingerprint density at radius 1 is 1.33 bits per heavy atom. The lowest BCUT2D eigenvalue weighted by Gasteiger charge is -2.17. The van der Waals surface area contributed by atoms with E-state index in [4.69, 9.17) is 5.73 Å². The second kappa shape index (κ2) is 5.90. The van der Waals surface area contributed by atoms with Crippen LogP contribution >= 0.6 is 0 Å². The van der Waals surface area contributed by atoms with Crippen molar-refractivity contribution >= 4 is 5.91 Å². The van der Waals surface area contributed by atoms with E-state index in [2.05, 4.69) is 9.97 Å². The Morgan fingerprint density at radius 3 is 2.71 bits per heavy atom. The van der Waals surface area contributed by atoms with Crippen LogP contribution in [0.15, 0.2) is 30.9 Å². The first-order chi connectivity index (χ1) is 11.3. The highest BCUT2D eigenvalue weighted by Gasteiger charge is 2.37. The van der Waals surface area contributed by atoms with Gasteiger partial charge in [0.15, 0.2) is 0 Å². The summed E-state index contributed by atoms with van der Waals surface area (Å²) in [6, 6.07) is 0.489. The lowest BCUT2D eigenvalue weighted by Crippen LogP contribution is -2.32. The van der Waals surface area contributed by atoms with Crippen LogP contribution in [0.25, 0.3) is 0 Å². The summed E-state index contributed by atoms with van der Waals surface area (Å²) in [7, 11) is 1.83. The minimum atomic E-state index is -4.54. The van der Waals surface area contributed by atoms with Crippen LogP contribution in [-0.2, 0) is 13.2 Å². The molecule has 24 heavy (non-hydrogen) atoms. The molecule has 2 N–H and O–H groups in total. The van der Waals surface area contributed by atoms with Crippen LogP contribution < -0.4 is 5.73 Å². The number of nitrogens with zero attached hydrogens (tertiary/aromatic N) is 4. The molecule has 1 fully saturated rings. The predicted molar refractivity (Wildman–Crippen MR) is 79.1 cm³/mol. The number of amides is 1. The first-order valence-corrected chi connectivity index (χ1v) is 7.31. The topological polar surface area (TPSA) is 77.0 Å². The van der Waals surface area contributed by atoms with E-state index in [1.54, 1.807) is 12.4 Å². The smallest absolute Gasteiger partial charge is 0.338 e. The molecule has 128 valence electrons. The maximum Gasteiger partial charge on any atom is 0.417 e. The van der Waals surface area contributed by atoms with Gasteiger partial charge < -0.3 is 15.2 Å². The minimum Gasteiger partial charge on any atom is -0.338 e. The van der Waals surface area contributed by atoms with Crippen LogP contribution in [0, 0.1) is 0 Å². The average molecular weight is 339 g/mol. The highest BCUT2D eigenvalue weighted by Crippen LogP contribution is 2.30. The van der Waals surface area contributed by atoms with Gasteiger partial charge in [0, 0.05) is 51.0 Å². The minimum absolute atomic E-state index is 0.0995. The van der Waals surface area contributed by atoms with Crippen LogP contribution in [0.4, 0.5) is 13.2 Å². The normalized spacial score (nSPS) is 21.3. The Hall–Kier alpha value is -2.42. The number of halogens is 3. The van der Waals surface area contributed by atoms with E-state index in [1.165, 1.54) is 4.90 Å². The van der Waals surface area contributed by atoms with Crippen molar-refractivity contribution in [2.75, 3.05) is 13.1 Å². The monoisotopic (exact) mass is 339 g/mol. The number of likely N-dealkylation sites (tertiary alicyclic amines) is 1. The number of pyridine rings is 1. The molecule has 0 saturated carbocycles. The van der Waals surface area contributed by atoms with Crippen LogP contribution in [-0.4, -0.2) is 44.5 Å². The van der Waals surface area contributed by atoms with Gasteiger partial charge in [-0.3, -0.25) is 9.78 Å². The van der Waals surface area contributed by atoms with Gasteiger partial charge >= 0.3 is 6.18 Å². The summed E-state index contributed by atoms with van der Waals surface area (Å²) in [6.07, 6.45) is 0.715. The van der Waals surface area contributed by atoms with Gasteiger partial charge in [-0.15, -0.1) is 0 Å². The number of rotatable bonds is 2. The molecule has 3 rings (SSSR count). The standard InChI is InChI=1S/C15H16F3N5O/c1-22-3-2-21-13(22)11-7-23(8-12(11)19)14(24)9-4-10(6-20-5-9)15(16,17)18/h2-6,11-12H,7-8,19H2,1H3/t11-,12-/m1/s1. The van der Waals surface area contributed by atoms with E-state index >= 15 is 0 Å². The van der Waals surface area contributed by atoms with Crippen molar-refractivity contribution in [2.45, 2.75) is 18.1 Å². The van der Waals surface area contributed by atoms with Crippen molar-refractivity contribution in [3.63, 3.8) is 0 Å². The van der Waals surface area contributed by atoms with Gasteiger partial charge in [0.1, 0.15) is 5.82 Å². The SMILES string of the molecule is Cn1ccnc1[C@@H]1CN(C(=O)c2cncc(C(F)(F)F)c2)C[C@H]1N. The molecule has 1 aliphatic heterocycles. The van der Waals surface area contributed by atoms with Crippen molar-refractivity contribution < 1.29 is 18.0 Å². The van der Waals surface area contributed by atoms with Crippen LogP contribution in [0.1, 0.15) is 27.7 Å². The molecule has 0 unspecified atom stereocenters. The molecular formula is C15H16F3N5O. The summed E-state index contributed by atoms with van der Waals surface area (Å²) in [5.41, 5.74) is 5.06. The molecule has 3 heterocycles. The van der Waals surface area contributed by atoms with Gasteiger partial charge in [-0.2, -0.15) is 13.2 Å². The molecule has 0 spiro atoms. The fraction of sp³-hybridized carbons (Fsp3) is 0.400. The van der Waals surface area contributed by atoms with E-state index in [1.807, 2.05) is 11.6 Å². The van der Waals surface area contributed by atoms with Crippen molar-refractivity contribution in [1.82, 2.24) is 19.4 Å². The van der Waals surface area contributed by atoms with E-state index in [-0.39, 0.29) is 24.1 Å². The number of aryl methyl sites for hydroxylation is 1. The molecule has 1 amide bonds. The van der Waals surface area contributed by atoms with E-state index in [0.717, 1.165) is 18.1 Å². The Kier molecular flexibility index (Phi) is 4.04. The molecule has 2 aromatic rings. The highest BCUT2D eigenvalue weighted by atomic mass is 19.4. The Morgan fingerprint density at radius 2 is 2.08 bits per heavy atom. The molecule has 0 bridgehead atoms. The van der Waals surface area contributed by atoms with Gasteiger partial charge in [0.2, 0.25) is 0 Å². The summed E-state index contributed by atoms with van der Waals surface area (Å²) in [5, 5.41) is 0. The fourth-order valence-corrected chi connectivity index (χ4v) is 2.90. The Labute approximate surface area is 136 Å². The van der Waals surface area contributed by atoms with Crippen molar-refractivity contribution in [1.29, 1.82) is 0 Å². The molecule has 0 radical (unpaired) electrons. The molecule has 2 atom stereocenters. The predicted octanol–water partition coefficient (Wildman–Crippen LogP) is 1.40. The zero-order valence-electron chi connectivity index (χ0n) is 12.9. The molecule has 0 aromatic carbocycles. The maximum absolute atomic E-state index is 12.8. The van der Waals surface area contributed by atoms with Crippen molar-refractivity contribution in [3.8, 4) is 0 Å². The van der Waals surface area contributed by atoms with E-state index < -0.39 is 17.6 Å². The zero-order chi connectivity index (χ0) is 17.5. The number of carbonyl (C=O) groups excluding carboxylic acids is 1. The van der Waals surface area contributed by atoms with Crippen molar-refractivity contribution in [2.24, 2.45) is 12.8 Å². The Balaban J connectivity index is 1.81. The molecular weight excluding hydrogens is 323 g/mol. The summed E-state index contributed by atoms with van der Waals surface area (Å²) in [5.74, 6) is 0.0773. The zero-order valence-corrected chi connectivity index (χ0v) is 12.9. The number of carbonyl (C=O) groups is 1. The highest BCUT2D eigenvalue weighted by molar-refractivity contribution is 5.94. The molecule has 0 aliphatic carbocycles. The number of nitrogens with two attached hydrogens (primary N) is 1. The second-order valence-corrected chi connectivity index (χ2v) is 5.84. The number of aromatic nitrogens is 3. The number of imidazole rings is 1. The molecule has 1 saturated heterocycles. The summed E-state index contributed by atoms with van der Waals surface area (Å²) < 4.78 is 40.1. The summed E-state index contributed by atoms with van der Waals surface area (Å²) in [4.78, 5) is 21.7. The molecule has 6 nitrogen and oxygen atoms in total. The molecule has 9 heteroatoms. The third kappa shape index (κ3) is 2.99. The van der Waals surface area contributed by atoms with Gasteiger partial charge in [0.05, 0.1) is 17.0 Å². The summed E-state index contributed by atoms with van der Waals surface area (Å²) in [6.45, 7) is 0.563. The molecule has 2 aromatic heterocycles. The number of hydrogen-bond acceptors (Lipinski definition) is 4. The fourth-order valence-electron chi connectivity index (χ4n) is 2.90. The van der Waals surface area contributed by atoms with Crippen LogP contribution in [0.2, 0.25) is 0 Å². The van der Waals surface area contributed by atoms with Gasteiger partial charge in [-0.25, -0.2) is 4.98 Å². The largest absolute Gasteiger partial charge is 0.417 e. The Bertz CT molecular complexity index is 758. The lowest BCUT2D eigenvalue weighted by molar-refractivity contribution is -0.137. The number of alkyl halides is 3. The third-order valence-corrected chi connectivity index (χ3v) is 4.15. The van der Waals surface area contributed by atoms with E-state index in [0.29, 0.717) is 12.7 Å². The van der Waals surface area contributed by atoms with Crippen molar-refractivity contribution in [3.05, 3.63) is 47.8 Å². The second-order valence-electron chi connectivity index (χ2n) is 5.84.